The second-order valence-corrected chi connectivity index (χ2v) is 9.02. The Kier molecular flexibility index (Phi) is 6.89. The number of hydrogen-bond donors (Lipinski definition) is 2. The van der Waals surface area contributed by atoms with Gasteiger partial charge in [-0.2, -0.15) is 0 Å². The quantitative estimate of drug-likeness (QED) is 0.693. The number of rotatable bonds is 6. The summed E-state index contributed by atoms with van der Waals surface area (Å²) in [5, 5.41) is 2.99. The summed E-state index contributed by atoms with van der Waals surface area (Å²) < 4.78 is 24.9. The number of sulfonamides is 1. The van der Waals surface area contributed by atoms with Gasteiger partial charge in [-0.15, -0.1) is 0 Å². The largest absolute Gasteiger partial charge is 0.350 e. The molecular weight excluding hydrogens is 402 g/mol. The monoisotopic (exact) mass is 427 g/mol. The van der Waals surface area contributed by atoms with Gasteiger partial charge in [-0.05, 0) is 48.7 Å². The van der Waals surface area contributed by atoms with E-state index in [0.29, 0.717) is 37.2 Å². The second-order valence-electron chi connectivity index (χ2n) is 7.27. The molecule has 1 heterocycles. The van der Waals surface area contributed by atoms with E-state index in [2.05, 4.69) is 10.0 Å². The first-order valence-electron chi connectivity index (χ1n) is 9.71. The number of piperidine rings is 1. The number of benzene rings is 2. The van der Waals surface area contributed by atoms with Crippen LogP contribution in [0.2, 0.25) is 0 Å². The first-order chi connectivity index (χ1) is 14.3. The molecule has 1 aliphatic rings. The molecule has 1 saturated heterocycles. The third-order valence-electron chi connectivity index (χ3n) is 4.79. The number of likely N-dealkylation sites (tertiary alicyclic amines) is 1. The fourth-order valence-corrected chi connectivity index (χ4v) is 3.85. The van der Waals surface area contributed by atoms with Crippen LogP contribution in [0.15, 0.2) is 60.7 Å². The maximum absolute atomic E-state index is 12.7. The standard InChI is InChI=1S/C22H25N3O4S/c1-30(28,29)24-20-10-8-18(9-11-20)22(27)25-15-13-19(14-16-25)23-21(26)12-7-17-5-3-2-4-6-17/h2-12,19,24H,13-16H2,1H3,(H,23,26)/b12-7+. The van der Waals surface area contributed by atoms with Gasteiger partial charge in [0.05, 0.1) is 6.26 Å². The molecule has 2 amide bonds. The summed E-state index contributed by atoms with van der Waals surface area (Å²) in [4.78, 5) is 26.5. The molecule has 7 nitrogen and oxygen atoms in total. The molecule has 0 aliphatic carbocycles. The van der Waals surface area contributed by atoms with Crippen molar-refractivity contribution in [2.45, 2.75) is 18.9 Å². The highest BCUT2D eigenvalue weighted by molar-refractivity contribution is 7.92. The van der Waals surface area contributed by atoms with Crippen molar-refractivity contribution in [3.63, 3.8) is 0 Å². The number of nitrogens with zero attached hydrogens (tertiary/aromatic N) is 1. The number of carbonyl (C=O) groups excluding carboxylic acids is 2. The normalized spacial score (nSPS) is 15.2. The highest BCUT2D eigenvalue weighted by atomic mass is 32.2. The fraction of sp³-hybridized carbons (Fsp3) is 0.273. The summed E-state index contributed by atoms with van der Waals surface area (Å²) in [6.07, 6.45) is 5.75. The van der Waals surface area contributed by atoms with Gasteiger partial charge in [-0.25, -0.2) is 8.42 Å². The molecule has 30 heavy (non-hydrogen) atoms. The minimum Gasteiger partial charge on any atom is -0.350 e. The molecule has 2 aromatic rings. The van der Waals surface area contributed by atoms with Gasteiger partial charge in [0, 0.05) is 36.5 Å². The highest BCUT2D eigenvalue weighted by Gasteiger charge is 2.24. The van der Waals surface area contributed by atoms with Gasteiger partial charge in [0.2, 0.25) is 15.9 Å². The van der Waals surface area contributed by atoms with E-state index >= 15 is 0 Å². The Morgan fingerprint density at radius 2 is 1.63 bits per heavy atom. The van der Waals surface area contributed by atoms with Crippen LogP contribution >= 0.6 is 0 Å². The first kappa shape index (κ1) is 21.6. The maximum atomic E-state index is 12.7. The van der Waals surface area contributed by atoms with Gasteiger partial charge in [0.1, 0.15) is 0 Å². The van der Waals surface area contributed by atoms with E-state index < -0.39 is 10.0 Å². The average Bonchev–Trinajstić information content (AvgIpc) is 2.72. The summed E-state index contributed by atoms with van der Waals surface area (Å²) in [6, 6.07) is 16.0. The van der Waals surface area contributed by atoms with Crippen LogP contribution in [0.3, 0.4) is 0 Å². The molecule has 0 unspecified atom stereocenters. The number of amides is 2. The van der Waals surface area contributed by atoms with Crippen LogP contribution in [0.1, 0.15) is 28.8 Å². The Morgan fingerprint density at radius 1 is 1.00 bits per heavy atom. The molecule has 0 bridgehead atoms. The third-order valence-corrected chi connectivity index (χ3v) is 5.40. The summed E-state index contributed by atoms with van der Waals surface area (Å²) in [6.45, 7) is 1.10. The minimum absolute atomic E-state index is 0.0308. The maximum Gasteiger partial charge on any atom is 0.253 e. The van der Waals surface area contributed by atoms with Gasteiger partial charge < -0.3 is 10.2 Å². The van der Waals surface area contributed by atoms with Crippen LogP contribution in [0.5, 0.6) is 0 Å². The van der Waals surface area contributed by atoms with E-state index in [1.807, 2.05) is 30.3 Å². The van der Waals surface area contributed by atoms with E-state index in [1.165, 1.54) is 6.08 Å². The lowest BCUT2D eigenvalue weighted by Gasteiger charge is -2.32. The van der Waals surface area contributed by atoms with Crippen molar-refractivity contribution in [2.75, 3.05) is 24.1 Å². The van der Waals surface area contributed by atoms with E-state index in [-0.39, 0.29) is 17.9 Å². The van der Waals surface area contributed by atoms with Crippen LogP contribution in [0.25, 0.3) is 6.08 Å². The highest BCUT2D eigenvalue weighted by Crippen LogP contribution is 2.16. The van der Waals surface area contributed by atoms with Crippen molar-refractivity contribution < 1.29 is 18.0 Å². The predicted octanol–water partition coefficient (Wildman–Crippen LogP) is 2.49. The van der Waals surface area contributed by atoms with Crippen molar-refractivity contribution in [1.29, 1.82) is 0 Å². The van der Waals surface area contributed by atoms with Crippen LogP contribution in [0.4, 0.5) is 5.69 Å². The lowest BCUT2D eigenvalue weighted by molar-refractivity contribution is -0.117. The summed E-state index contributed by atoms with van der Waals surface area (Å²) >= 11 is 0. The zero-order valence-electron chi connectivity index (χ0n) is 16.7. The number of anilines is 1. The Balaban J connectivity index is 1.48. The molecule has 3 rings (SSSR count). The Morgan fingerprint density at radius 3 is 2.23 bits per heavy atom. The topological polar surface area (TPSA) is 95.6 Å². The molecule has 1 fully saturated rings. The zero-order valence-corrected chi connectivity index (χ0v) is 17.6. The molecule has 2 aromatic carbocycles. The van der Waals surface area contributed by atoms with Crippen LogP contribution in [-0.2, 0) is 14.8 Å². The van der Waals surface area contributed by atoms with Crippen molar-refractivity contribution in [3.05, 3.63) is 71.8 Å². The predicted molar refractivity (Wildman–Crippen MR) is 117 cm³/mol. The lowest BCUT2D eigenvalue weighted by Crippen LogP contribution is -2.46. The van der Waals surface area contributed by atoms with Gasteiger partial charge in [-0.3, -0.25) is 14.3 Å². The molecule has 2 N–H and O–H groups in total. The molecule has 0 spiro atoms. The second kappa shape index (κ2) is 9.58. The smallest absolute Gasteiger partial charge is 0.253 e. The lowest BCUT2D eigenvalue weighted by atomic mass is 10.0. The van der Waals surface area contributed by atoms with Gasteiger partial charge in [0.15, 0.2) is 0 Å². The van der Waals surface area contributed by atoms with Crippen molar-refractivity contribution >= 4 is 33.6 Å². The van der Waals surface area contributed by atoms with E-state index in [9.17, 15) is 18.0 Å². The molecule has 8 heteroatoms. The van der Waals surface area contributed by atoms with Crippen molar-refractivity contribution in [3.8, 4) is 0 Å². The van der Waals surface area contributed by atoms with E-state index in [1.54, 1.807) is 35.2 Å². The van der Waals surface area contributed by atoms with Crippen LogP contribution < -0.4 is 10.0 Å². The molecule has 1 aliphatic heterocycles. The number of carbonyl (C=O) groups is 2. The summed E-state index contributed by atoms with van der Waals surface area (Å²) in [5.74, 6) is -0.243. The molecule has 158 valence electrons. The Labute approximate surface area is 176 Å². The van der Waals surface area contributed by atoms with Crippen molar-refractivity contribution in [1.82, 2.24) is 10.2 Å². The van der Waals surface area contributed by atoms with Crippen LogP contribution in [-0.4, -0.2) is 50.5 Å². The number of hydrogen-bond acceptors (Lipinski definition) is 4. The Hall–Kier alpha value is -3.13. The van der Waals surface area contributed by atoms with Crippen molar-refractivity contribution in [2.24, 2.45) is 0 Å². The van der Waals surface area contributed by atoms with Gasteiger partial charge >= 0.3 is 0 Å². The molecular formula is C22H25N3O4S. The van der Waals surface area contributed by atoms with E-state index in [4.69, 9.17) is 0 Å². The Bertz CT molecular complexity index is 1010. The fourth-order valence-electron chi connectivity index (χ4n) is 3.29. The zero-order chi connectivity index (χ0) is 21.6. The molecule has 0 saturated carbocycles. The summed E-state index contributed by atoms with van der Waals surface area (Å²) in [7, 11) is -3.35. The summed E-state index contributed by atoms with van der Waals surface area (Å²) in [5.41, 5.74) is 1.88. The third kappa shape index (κ3) is 6.45. The van der Waals surface area contributed by atoms with Gasteiger partial charge in [0.25, 0.3) is 5.91 Å². The van der Waals surface area contributed by atoms with Gasteiger partial charge in [-0.1, -0.05) is 30.3 Å². The minimum atomic E-state index is -3.35. The van der Waals surface area contributed by atoms with Crippen LogP contribution in [0, 0.1) is 0 Å². The SMILES string of the molecule is CS(=O)(=O)Nc1ccc(C(=O)N2CCC(NC(=O)/C=C/c3ccccc3)CC2)cc1. The molecule has 0 aromatic heterocycles. The van der Waals surface area contributed by atoms with E-state index in [0.717, 1.165) is 11.8 Å². The average molecular weight is 428 g/mol. The first-order valence-corrected chi connectivity index (χ1v) is 11.6. The molecule has 0 radical (unpaired) electrons. The molecule has 0 atom stereocenters. The number of nitrogens with one attached hydrogen (secondary N) is 2.